The number of aliphatic carboxylic acids is 1. The van der Waals surface area contributed by atoms with Crippen molar-refractivity contribution in [1.82, 2.24) is 0 Å². The minimum atomic E-state index is -1.21. The molecule has 0 fully saturated rings. The zero-order valence-corrected chi connectivity index (χ0v) is 7.45. The zero-order chi connectivity index (χ0) is 9.68. The Hall–Kier alpha value is -1.51. The van der Waals surface area contributed by atoms with Gasteiger partial charge in [0.15, 0.2) is 0 Å². The van der Waals surface area contributed by atoms with Crippen molar-refractivity contribution < 1.29 is 14.6 Å². The van der Waals surface area contributed by atoms with Crippen LogP contribution >= 0.6 is 0 Å². The topological polar surface area (TPSA) is 49.4 Å². The van der Waals surface area contributed by atoms with Gasteiger partial charge in [0.05, 0.1) is 5.97 Å². The molecule has 0 spiro atoms. The monoisotopic (exact) mass is 179 g/mol. The summed E-state index contributed by atoms with van der Waals surface area (Å²) in [6, 6.07) is 7.35. The quantitative estimate of drug-likeness (QED) is 0.671. The van der Waals surface area contributed by atoms with Crippen molar-refractivity contribution in [3.63, 3.8) is 0 Å². The van der Waals surface area contributed by atoms with Crippen LogP contribution in [0.2, 0.25) is 0 Å². The summed E-state index contributed by atoms with van der Waals surface area (Å²) in [7, 11) is 0. The second kappa shape index (κ2) is 4.50. The first kappa shape index (κ1) is 9.58. The van der Waals surface area contributed by atoms with E-state index < -0.39 is 12.6 Å². The van der Waals surface area contributed by atoms with Gasteiger partial charge in [-0.15, -0.1) is 0 Å². The number of carbonyl (C=O) groups is 1. The van der Waals surface area contributed by atoms with E-state index in [0.717, 1.165) is 12.0 Å². The molecular weight excluding hydrogens is 168 g/mol. The highest BCUT2D eigenvalue weighted by atomic mass is 16.5. The lowest BCUT2D eigenvalue weighted by Gasteiger charge is -2.07. The number of carboxylic acid groups (broad SMARTS) is 1. The number of carbonyl (C=O) groups excluding carboxylic acids is 1. The van der Waals surface area contributed by atoms with Gasteiger partial charge in [0, 0.05) is 0 Å². The lowest BCUT2D eigenvalue weighted by molar-refractivity contribution is -0.307. The summed E-state index contributed by atoms with van der Waals surface area (Å²) < 4.78 is 4.95. The van der Waals surface area contributed by atoms with Gasteiger partial charge in [0.2, 0.25) is 0 Å². The van der Waals surface area contributed by atoms with Crippen LogP contribution < -0.4 is 9.84 Å². The number of hydrogen-bond donors (Lipinski definition) is 0. The minimum absolute atomic E-state index is 0.396. The van der Waals surface area contributed by atoms with Crippen LogP contribution in [0.4, 0.5) is 0 Å². The molecule has 3 nitrogen and oxygen atoms in total. The fraction of sp³-hybridized carbons (Fsp3) is 0.300. The van der Waals surface area contributed by atoms with Crippen LogP contribution in [0.15, 0.2) is 24.3 Å². The number of rotatable bonds is 4. The largest absolute Gasteiger partial charge is 0.546 e. The molecule has 0 aliphatic heterocycles. The summed E-state index contributed by atoms with van der Waals surface area (Å²) in [4.78, 5) is 10.1. The first-order chi connectivity index (χ1) is 6.22. The Bertz CT molecular complexity index is 294. The molecule has 0 aromatic heterocycles. The van der Waals surface area contributed by atoms with Gasteiger partial charge in [0.25, 0.3) is 0 Å². The van der Waals surface area contributed by atoms with Crippen LogP contribution in [0.3, 0.4) is 0 Å². The highest BCUT2D eigenvalue weighted by Gasteiger charge is 1.94. The molecule has 1 aromatic rings. The lowest BCUT2D eigenvalue weighted by atomic mass is 10.2. The van der Waals surface area contributed by atoms with Crippen molar-refractivity contribution in [1.29, 1.82) is 0 Å². The average molecular weight is 179 g/mol. The minimum Gasteiger partial charge on any atom is -0.546 e. The van der Waals surface area contributed by atoms with E-state index in [2.05, 4.69) is 0 Å². The van der Waals surface area contributed by atoms with Crippen molar-refractivity contribution in [3.05, 3.63) is 29.8 Å². The van der Waals surface area contributed by atoms with Gasteiger partial charge in [-0.05, 0) is 24.1 Å². The van der Waals surface area contributed by atoms with Gasteiger partial charge in [-0.2, -0.15) is 0 Å². The molecule has 0 amide bonds. The third kappa shape index (κ3) is 3.15. The van der Waals surface area contributed by atoms with Crippen molar-refractivity contribution in [3.8, 4) is 5.75 Å². The fourth-order valence-electron chi connectivity index (χ4n) is 0.997. The standard InChI is InChI=1S/C10H12O3/c1-2-8-4-3-5-9(6-8)13-7-10(11)12/h3-6H,2,7H2,1H3,(H,11,12)/p-1. The molecule has 0 N–H and O–H groups in total. The van der Waals surface area contributed by atoms with E-state index in [4.69, 9.17) is 4.74 Å². The smallest absolute Gasteiger partial charge is 0.128 e. The summed E-state index contributed by atoms with van der Waals surface area (Å²) in [5.74, 6) is -0.634. The molecule has 0 saturated carbocycles. The number of benzene rings is 1. The van der Waals surface area contributed by atoms with Crippen molar-refractivity contribution in [2.45, 2.75) is 13.3 Å². The highest BCUT2D eigenvalue weighted by molar-refractivity contribution is 5.66. The van der Waals surface area contributed by atoms with E-state index in [0.29, 0.717) is 5.75 Å². The molecule has 0 unspecified atom stereocenters. The van der Waals surface area contributed by atoms with E-state index in [-0.39, 0.29) is 0 Å². The molecule has 0 aliphatic carbocycles. The summed E-state index contributed by atoms with van der Waals surface area (Å²) in [5.41, 5.74) is 1.12. The predicted octanol–water partition coefficient (Wildman–Crippen LogP) is 0.378. The van der Waals surface area contributed by atoms with Crippen LogP contribution in [0, 0.1) is 0 Å². The van der Waals surface area contributed by atoms with Gasteiger partial charge in [0.1, 0.15) is 12.4 Å². The Labute approximate surface area is 77.0 Å². The maximum absolute atomic E-state index is 10.1. The van der Waals surface area contributed by atoms with Gasteiger partial charge in [-0.1, -0.05) is 19.1 Å². The summed E-state index contributed by atoms with van der Waals surface area (Å²) >= 11 is 0. The Morgan fingerprint density at radius 3 is 2.92 bits per heavy atom. The highest BCUT2D eigenvalue weighted by Crippen LogP contribution is 2.13. The fourth-order valence-corrected chi connectivity index (χ4v) is 0.997. The van der Waals surface area contributed by atoms with Crippen LogP contribution in [-0.2, 0) is 11.2 Å². The zero-order valence-electron chi connectivity index (χ0n) is 7.45. The third-order valence-corrected chi connectivity index (χ3v) is 1.66. The lowest BCUT2D eigenvalue weighted by Crippen LogP contribution is -2.28. The van der Waals surface area contributed by atoms with Crippen molar-refractivity contribution >= 4 is 5.97 Å². The van der Waals surface area contributed by atoms with Crippen LogP contribution in [0.25, 0.3) is 0 Å². The first-order valence-corrected chi connectivity index (χ1v) is 4.14. The molecule has 1 aromatic carbocycles. The number of aryl methyl sites for hydroxylation is 1. The number of ether oxygens (including phenoxy) is 1. The van der Waals surface area contributed by atoms with Crippen LogP contribution in [0.1, 0.15) is 12.5 Å². The Kier molecular flexibility index (Phi) is 3.31. The third-order valence-electron chi connectivity index (χ3n) is 1.66. The van der Waals surface area contributed by atoms with E-state index in [1.54, 1.807) is 6.07 Å². The molecule has 3 heteroatoms. The van der Waals surface area contributed by atoms with Crippen LogP contribution in [0.5, 0.6) is 5.75 Å². The van der Waals surface area contributed by atoms with Gasteiger partial charge in [-0.25, -0.2) is 0 Å². The molecule has 0 radical (unpaired) electrons. The average Bonchev–Trinajstić information content (AvgIpc) is 2.15. The Balaban J connectivity index is 2.61. The predicted molar refractivity (Wildman–Crippen MR) is 46.3 cm³/mol. The van der Waals surface area contributed by atoms with E-state index >= 15 is 0 Å². The Morgan fingerprint density at radius 1 is 1.54 bits per heavy atom. The second-order valence-electron chi connectivity index (χ2n) is 2.66. The maximum Gasteiger partial charge on any atom is 0.128 e. The van der Waals surface area contributed by atoms with E-state index in [1.165, 1.54) is 0 Å². The molecule has 0 bridgehead atoms. The SMILES string of the molecule is CCc1cccc(OCC(=O)[O-])c1. The molecule has 1 rings (SSSR count). The van der Waals surface area contributed by atoms with E-state index in [1.807, 2.05) is 25.1 Å². The molecular formula is C10H11O3-. The van der Waals surface area contributed by atoms with Gasteiger partial charge >= 0.3 is 0 Å². The van der Waals surface area contributed by atoms with Crippen molar-refractivity contribution in [2.24, 2.45) is 0 Å². The van der Waals surface area contributed by atoms with Gasteiger partial charge < -0.3 is 14.6 Å². The molecule has 0 saturated heterocycles. The van der Waals surface area contributed by atoms with Crippen molar-refractivity contribution in [2.75, 3.05) is 6.61 Å². The Morgan fingerprint density at radius 2 is 2.31 bits per heavy atom. The van der Waals surface area contributed by atoms with Gasteiger partial charge in [-0.3, -0.25) is 0 Å². The normalized spacial score (nSPS) is 9.62. The molecule has 0 aliphatic rings. The maximum atomic E-state index is 10.1. The molecule has 13 heavy (non-hydrogen) atoms. The van der Waals surface area contributed by atoms with Crippen LogP contribution in [-0.4, -0.2) is 12.6 Å². The summed E-state index contributed by atoms with van der Waals surface area (Å²) in [5, 5.41) is 10.1. The molecule has 0 heterocycles. The second-order valence-corrected chi connectivity index (χ2v) is 2.66. The number of hydrogen-bond acceptors (Lipinski definition) is 3. The number of carboxylic acids is 1. The summed E-state index contributed by atoms with van der Waals surface area (Å²) in [6.45, 7) is 1.63. The first-order valence-electron chi connectivity index (χ1n) is 4.14. The van der Waals surface area contributed by atoms with E-state index in [9.17, 15) is 9.90 Å². The molecule has 0 atom stereocenters. The molecule has 70 valence electrons. The summed E-state index contributed by atoms with van der Waals surface area (Å²) in [6.07, 6.45) is 0.905.